The van der Waals surface area contributed by atoms with Gasteiger partial charge < -0.3 is 15.0 Å². The van der Waals surface area contributed by atoms with Crippen LogP contribution in [0.3, 0.4) is 0 Å². The number of nitrogens with one attached hydrogen (secondary N) is 1. The zero-order chi connectivity index (χ0) is 30.3. The average Bonchev–Trinajstić information content (AvgIpc) is 2.93. The molecule has 220 valence electrons. The van der Waals surface area contributed by atoms with E-state index >= 15 is 0 Å². The topological polar surface area (TPSA) is 96.0 Å². The number of hydrogen-bond donors (Lipinski definition) is 1. The predicted molar refractivity (Wildman–Crippen MR) is 163 cm³/mol. The van der Waals surface area contributed by atoms with Crippen molar-refractivity contribution in [3.8, 4) is 5.75 Å². The van der Waals surface area contributed by atoms with Crippen LogP contribution < -0.4 is 14.4 Å². The number of nitrogens with zero attached hydrogens (tertiary/aromatic N) is 2. The van der Waals surface area contributed by atoms with Crippen LogP contribution in [0.5, 0.6) is 5.75 Å². The normalized spacial score (nSPS) is 12.1. The molecule has 3 aromatic carbocycles. The van der Waals surface area contributed by atoms with Crippen molar-refractivity contribution in [1.82, 2.24) is 10.2 Å². The number of carbonyl (C=O) groups is 2. The highest BCUT2D eigenvalue weighted by atomic mass is 35.5. The third kappa shape index (κ3) is 7.93. The van der Waals surface area contributed by atoms with Gasteiger partial charge in [-0.15, -0.1) is 0 Å². The molecule has 41 heavy (non-hydrogen) atoms. The van der Waals surface area contributed by atoms with Crippen LogP contribution in [0.1, 0.15) is 38.3 Å². The number of aryl methyl sites for hydroxylation is 1. The average molecular weight is 621 g/mol. The Morgan fingerprint density at radius 2 is 1.54 bits per heavy atom. The summed E-state index contributed by atoms with van der Waals surface area (Å²) in [6, 6.07) is 16.6. The SMILES string of the molecule is CC[C@H](C(=O)NC(C)C)N(Cc1c(Cl)cccc1Cl)C(=O)CN(c1ccc(C)cc1)S(=O)(=O)c1ccc(OC)cc1. The van der Waals surface area contributed by atoms with E-state index in [0.29, 0.717) is 27.0 Å². The largest absolute Gasteiger partial charge is 0.497 e. The van der Waals surface area contributed by atoms with Gasteiger partial charge in [-0.25, -0.2) is 8.42 Å². The zero-order valence-electron chi connectivity index (χ0n) is 23.7. The van der Waals surface area contributed by atoms with Crippen molar-refractivity contribution in [1.29, 1.82) is 0 Å². The van der Waals surface area contributed by atoms with E-state index < -0.39 is 28.5 Å². The van der Waals surface area contributed by atoms with Crippen molar-refractivity contribution < 1.29 is 22.7 Å². The molecule has 0 saturated heterocycles. The van der Waals surface area contributed by atoms with Crippen molar-refractivity contribution in [2.75, 3.05) is 18.0 Å². The van der Waals surface area contributed by atoms with E-state index in [0.717, 1.165) is 9.87 Å². The molecular formula is C30H35Cl2N3O5S. The number of ether oxygens (including phenoxy) is 1. The lowest BCUT2D eigenvalue weighted by atomic mass is 10.1. The summed E-state index contributed by atoms with van der Waals surface area (Å²) < 4.78 is 34.1. The van der Waals surface area contributed by atoms with Gasteiger partial charge in [0.25, 0.3) is 10.0 Å². The lowest BCUT2D eigenvalue weighted by Crippen LogP contribution is -2.53. The number of methoxy groups -OCH3 is 1. The summed E-state index contributed by atoms with van der Waals surface area (Å²) in [5.74, 6) is -0.463. The number of benzene rings is 3. The van der Waals surface area contributed by atoms with Gasteiger partial charge in [0.15, 0.2) is 0 Å². The fraction of sp³-hybridized carbons (Fsp3) is 0.333. The molecule has 0 fully saturated rings. The molecule has 0 saturated carbocycles. The van der Waals surface area contributed by atoms with Crippen molar-refractivity contribution in [2.24, 2.45) is 0 Å². The van der Waals surface area contributed by atoms with Gasteiger partial charge in [0.05, 0.1) is 17.7 Å². The van der Waals surface area contributed by atoms with Crippen LogP contribution in [0.2, 0.25) is 10.0 Å². The standard InChI is InChI=1S/C30H35Cl2N3O5S/c1-6-28(30(37)33-20(2)3)34(18-25-26(31)8-7-9-27(25)32)29(36)19-35(22-12-10-21(4)11-13-22)41(38,39)24-16-14-23(40-5)15-17-24/h7-17,20,28H,6,18-19H2,1-5H3,(H,33,37)/t28-/m1/s1. The number of hydrogen-bond acceptors (Lipinski definition) is 5. The maximum atomic E-state index is 14.1. The monoisotopic (exact) mass is 619 g/mol. The smallest absolute Gasteiger partial charge is 0.264 e. The number of anilines is 1. The highest BCUT2D eigenvalue weighted by Crippen LogP contribution is 2.29. The van der Waals surface area contributed by atoms with Gasteiger partial charge in [-0.05, 0) is 75.7 Å². The molecule has 0 aromatic heterocycles. The molecule has 0 aliphatic heterocycles. The van der Waals surface area contributed by atoms with E-state index in [1.807, 2.05) is 20.8 Å². The van der Waals surface area contributed by atoms with E-state index in [-0.39, 0.29) is 29.8 Å². The van der Waals surface area contributed by atoms with E-state index in [9.17, 15) is 18.0 Å². The Morgan fingerprint density at radius 3 is 2.05 bits per heavy atom. The molecule has 1 N–H and O–H groups in total. The highest BCUT2D eigenvalue weighted by molar-refractivity contribution is 7.92. The van der Waals surface area contributed by atoms with Crippen LogP contribution in [0.15, 0.2) is 71.6 Å². The molecule has 0 unspecified atom stereocenters. The molecule has 0 aliphatic rings. The van der Waals surface area contributed by atoms with Gasteiger partial charge in [0.2, 0.25) is 11.8 Å². The molecule has 3 aromatic rings. The molecule has 1 atom stereocenters. The van der Waals surface area contributed by atoms with Crippen molar-refractivity contribution >= 4 is 50.7 Å². The summed E-state index contributed by atoms with van der Waals surface area (Å²) in [4.78, 5) is 28.7. The second kappa shape index (κ2) is 14.1. The number of carbonyl (C=O) groups excluding carboxylic acids is 2. The zero-order valence-corrected chi connectivity index (χ0v) is 26.1. The first-order valence-corrected chi connectivity index (χ1v) is 15.3. The van der Waals surface area contributed by atoms with Crippen LogP contribution in [-0.4, -0.2) is 50.9 Å². The summed E-state index contributed by atoms with van der Waals surface area (Å²) in [5, 5.41) is 3.52. The number of amides is 2. The quantitative estimate of drug-likeness (QED) is 0.275. The Hall–Kier alpha value is -3.27. The van der Waals surface area contributed by atoms with Crippen molar-refractivity contribution in [2.45, 2.75) is 57.6 Å². The van der Waals surface area contributed by atoms with E-state index in [4.69, 9.17) is 27.9 Å². The van der Waals surface area contributed by atoms with E-state index in [1.165, 1.54) is 36.3 Å². The molecule has 0 radical (unpaired) electrons. The first-order valence-electron chi connectivity index (χ1n) is 13.1. The maximum Gasteiger partial charge on any atom is 0.264 e. The summed E-state index contributed by atoms with van der Waals surface area (Å²) in [7, 11) is -2.72. The van der Waals surface area contributed by atoms with Crippen LogP contribution in [0, 0.1) is 6.92 Å². The van der Waals surface area contributed by atoms with Crippen LogP contribution in [0.25, 0.3) is 0 Å². The fourth-order valence-corrected chi connectivity index (χ4v) is 6.20. The van der Waals surface area contributed by atoms with Crippen LogP contribution in [0.4, 0.5) is 5.69 Å². The fourth-order valence-electron chi connectivity index (χ4n) is 4.27. The molecule has 0 bridgehead atoms. The molecule has 3 rings (SSSR count). The van der Waals surface area contributed by atoms with Crippen molar-refractivity contribution in [3.05, 3.63) is 87.9 Å². The second-order valence-electron chi connectivity index (χ2n) is 9.83. The minimum Gasteiger partial charge on any atom is -0.497 e. The van der Waals surface area contributed by atoms with Gasteiger partial charge in [-0.3, -0.25) is 13.9 Å². The molecule has 11 heteroatoms. The first-order chi connectivity index (χ1) is 19.4. The first kappa shape index (κ1) is 32.2. The van der Waals surface area contributed by atoms with Gasteiger partial charge >= 0.3 is 0 Å². The predicted octanol–water partition coefficient (Wildman–Crippen LogP) is 5.84. The number of sulfonamides is 1. The summed E-state index contributed by atoms with van der Waals surface area (Å²) in [5.41, 5.74) is 1.68. The summed E-state index contributed by atoms with van der Waals surface area (Å²) in [6.45, 7) is 6.65. The molecule has 2 amide bonds. The Bertz CT molecular complexity index is 1440. The Labute approximate surface area is 252 Å². The Kier molecular flexibility index (Phi) is 11.1. The number of rotatable bonds is 12. The minimum atomic E-state index is -4.20. The van der Waals surface area contributed by atoms with Crippen LogP contribution >= 0.6 is 23.2 Å². The van der Waals surface area contributed by atoms with Crippen molar-refractivity contribution in [3.63, 3.8) is 0 Å². The molecule has 0 spiro atoms. The van der Waals surface area contributed by atoms with Crippen LogP contribution in [-0.2, 0) is 26.2 Å². The Morgan fingerprint density at radius 1 is 0.951 bits per heavy atom. The lowest BCUT2D eigenvalue weighted by molar-refractivity contribution is -0.140. The minimum absolute atomic E-state index is 0.0167. The van der Waals surface area contributed by atoms with E-state index in [1.54, 1.807) is 49.4 Å². The van der Waals surface area contributed by atoms with E-state index in [2.05, 4.69) is 5.32 Å². The molecule has 0 heterocycles. The molecule has 8 nitrogen and oxygen atoms in total. The molecule has 0 aliphatic carbocycles. The third-order valence-corrected chi connectivity index (χ3v) is 8.95. The molecular weight excluding hydrogens is 585 g/mol. The lowest BCUT2D eigenvalue weighted by Gasteiger charge is -2.34. The highest BCUT2D eigenvalue weighted by Gasteiger charge is 2.34. The van der Waals surface area contributed by atoms with Gasteiger partial charge in [0.1, 0.15) is 18.3 Å². The second-order valence-corrected chi connectivity index (χ2v) is 12.5. The third-order valence-electron chi connectivity index (χ3n) is 6.46. The maximum absolute atomic E-state index is 14.1. The summed E-state index contributed by atoms with van der Waals surface area (Å²) >= 11 is 12.9. The summed E-state index contributed by atoms with van der Waals surface area (Å²) in [6.07, 6.45) is 0.280. The van der Waals surface area contributed by atoms with Gasteiger partial charge in [-0.2, -0.15) is 0 Å². The number of halogens is 2. The van der Waals surface area contributed by atoms with Gasteiger partial charge in [-0.1, -0.05) is 53.9 Å². The van der Waals surface area contributed by atoms with Gasteiger partial charge in [0, 0.05) is 28.2 Å². The Balaban J connectivity index is 2.10.